The van der Waals surface area contributed by atoms with Gasteiger partial charge in [0.1, 0.15) is 5.76 Å². The molecule has 0 spiro atoms. The molecule has 0 atom stereocenters. The number of furan rings is 1. The highest BCUT2D eigenvalue weighted by Crippen LogP contribution is 2.28. The Morgan fingerprint density at radius 2 is 1.65 bits per heavy atom. The summed E-state index contributed by atoms with van der Waals surface area (Å²) in [5, 5.41) is 4.30. The smallest absolute Gasteiger partial charge is 0.305 e. The zero-order chi connectivity index (χ0) is 18.5. The molecule has 0 unspecified atom stereocenters. The number of carbonyl (C=O) groups excluding carboxylic acids is 1. The van der Waals surface area contributed by atoms with Crippen LogP contribution in [0.3, 0.4) is 0 Å². The van der Waals surface area contributed by atoms with E-state index in [-0.39, 0.29) is 10.9 Å². The first-order valence-corrected chi connectivity index (χ1v) is 8.67. The second-order valence-corrected chi connectivity index (χ2v) is 6.44. The van der Waals surface area contributed by atoms with Crippen LogP contribution in [0.4, 0.5) is 5.69 Å². The lowest BCUT2D eigenvalue weighted by atomic mass is 10.2. The molecule has 0 aliphatic heterocycles. The van der Waals surface area contributed by atoms with Crippen molar-refractivity contribution in [2.24, 2.45) is 0 Å². The molecule has 0 fully saturated rings. The molecule has 0 aliphatic rings. The van der Waals surface area contributed by atoms with Crippen LogP contribution in [0.15, 0.2) is 65.1 Å². The maximum Gasteiger partial charge on any atom is 0.305 e. The van der Waals surface area contributed by atoms with Gasteiger partial charge in [-0.1, -0.05) is 35.3 Å². The second-order valence-electron chi connectivity index (χ2n) is 5.18. The summed E-state index contributed by atoms with van der Waals surface area (Å²) in [6, 6.07) is 17.4. The third-order valence-corrected chi connectivity index (χ3v) is 4.15. The molecule has 132 valence electrons. The summed E-state index contributed by atoms with van der Waals surface area (Å²) in [5.74, 6) is 0.160. The lowest BCUT2D eigenvalue weighted by Crippen LogP contribution is -2.43. The molecule has 3 aromatic rings. The van der Waals surface area contributed by atoms with Crippen molar-refractivity contribution in [1.82, 2.24) is 10.9 Å². The van der Waals surface area contributed by atoms with Crippen LogP contribution in [0.1, 0.15) is 10.6 Å². The van der Waals surface area contributed by atoms with E-state index in [4.69, 9.17) is 39.8 Å². The number of benzene rings is 2. The molecule has 26 heavy (non-hydrogen) atoms. The lowest BCUT2D eigenvalue weighted by Gasteiger charge is -2.10. The number of hydrazine groups is 1. The summed E-state index contributed by atoms with van der Waals surface area (Å²) in [5.41, 5.74) is 6.52. The van der Waals surface area contributed by atoms with Gasteiger partial charge >= 0.3 is 5.91 Å². The van der Waals surface area contributed by atoms with Gasteiger partial charge in [-0.3, -0.25) is 15.6 Å². The highest BCUT2D eigenvalue weighted by molar-refractivity contribution is 7.80. The van der Waals surface area contributed by atoms with E-state index in [0.717, 1.165) is 5.69 Å². The summed E-state index contributed by atoms with van der Waals surface area (Å²) < 4.78 is 5.56. The van der Waals surface area contributed by atoms with Crippen LogP contribution in [0, 0.1) is 0 Å². The van der Waals surface area contributed by atoms with E-state index in [1.54, 1.807) is 42.5 Å². The lowest BCUT2D eigenvalue weighted by molar-refractivity contribution is 0.0917. The fraction of sp³-hybridized carbons (Fsp3) is 0. The number of rotatable bonds is 3. The van der Waals surface area contributed by atoms with Crippen LogP contribution in [0.5, 0.6) is 0 Å². The van der Waals surface area contributed by atoms with Gasteiger partial charge in [0.25, 0.3) is 0 Å². The Kier molecular flexibility index (Phi) is 5.78. The van der Waals surface area contributed by atoms with Gasteiger partial charge < -0.3 is 9.73 Å². The average Bonchev–Trinajstić information content (AvgIpc) is 3.12. The first-order valence-electron chi connectivity index (χ1n) is 7.50. The molecule has 1 heterocycles. The van der Waals surface area contributed by atoms with E-state index in [9.17, 15) is 4.79 Å². The molecular formula is C18H13Cl2N3O2S. The van der Waals surface area contributed by atoms with Gasteiger partial charge in [-0.05, 0) is 60.7 Å². The maximum absolute atomic E-state index is 12.2. The summed E-state index contributed by atoms with van der Waals surface area (Å²) in [6.07, 6.45) is 0. The van der Waals surface area contributed by atoms with Crippen LogP contribution in [-0.2, 0) is 0 Å². The molecule has 1 aromatic heterocycles. The summed E-state index contributed by atoms with van der Waals surface area (Å²) >= 11 is 17.1. The van der Waals surface area contributed by atoms with Gasteiger partial charge in [-0.25, -0.2) is 0 Å². The maximum atomic E-state index is 12.2. The Morgan fingerprint density at radius 3 is 2.38 bits per heavy atom. The van der Waals surface area contributed by atoms with Crippen molar-refractivity contribution in [1.29, 1.82) is 0 Å². The third kappa shape index (κ3) is 4.54. The van der Waals surface area contributed by atoms with E-state index in [0.29, 0.717) is 21.4 Å². The molecule has 5 nitrogen and oxygen atoms in total. The molecule has 3 N–H and O–H groups in total. The van der Waals surface area contributed by atoms with Crippen molar-refractivity contribution in [2.45, 2.75) is 0 Å². The van der Waals surface area contributed by atoms with Crippen molar-refractivity contribution in [3.63, 3.8) is 0 Å². The number of hydrogen-bond acceptors (Lipinski definition) is 3. The molecule has 0 radical (unpaired) electrons. The Bertz CT molecular complexity index is 942. The second kappa shape index (κ2) is 8.23. The van der Waals surface area contributed by atoms with E-state index in [1.807, 2.05) is 18.2 Å². The number of halogens is 2. The SMILES string of the molecule is O=C(NNC(=S)Nc1ccc(Cl)cc1)c1ccc(-c2ccccc2Cl)o1. The van der Waals surface area contributed by atoms with Gasteiger partial charge in [0.05, 0.1) is 5.02 Å². The minimum atomic E-state index is -0.469. The monoisotopic (exact) mass is 405 g/mol. The predicted molar refractivity (Wildman–Crippen MR) is 107 cm³/mol. The van der Waals surface area contributed by atoms with E-state index in [1.165, 1.54) is 0 Å². The normalized spacial score (nSPS) is 10.2. The molecule has 0 bridgehead atoms. The largest absolute Gasteiger partial charge is 0.451 e. The zero-order valence-corrected chi connectivity index (χ0v) is 15.6. The first-order chi connectivity index (χ1) is 12.5. The Labute approximate surface area is 165 Å². The van der Waals surface area contributed by atoms with E-state index >= 15 is 0 Å². The molecule has 0 saturated heterocycles. The number of thiocarbonyl (C=S) groups is 1. The van der Waals surface area contributed by atoms with Gasteiger partial charge in [0.15, 0.2) is 10.9 Å². The summed E-state index contributed by atoms with van der Waals surface area (Å²) in [7, 11) is 0. The van der Waals surface area contributed by atoms with Crippen molar-refractivity contribution in [3.05, 3.63) is 76.5 Å². The summed E-state index contributed by atoms with van der Waals surface area (Å²) in [4.78, 5) is 12.2. The number of amides is 1. The Hall–Kier alpha value is -2.54. The Balaban J connectivity index is 1.58. The highest BCUT2D eigenvalue weighted by atomic mass is 35.5. The fourth-order valence-corrected chi connectivity index (χ4v) is 2.66. The van der Waals surface area contributed by atoms with Crippen LogP contribution >= 0.6 is 35.4 Å². The first kappa shape index (κ1) is 18.3. The fourth-order valence-electron chi connectivity index (χ4n) is 2.14. The van der Waals surface area contributed by atoms with E-state index < -0.39 is 5.91 Å². The van der Waals surface area contributed by atoms with Gasteiger partial charge in [0.2, 0.25) is 0 Å². The number of anilines is 1. The summed E-state index contributed by atoms with van der Waals surface area (Å²) in [6.45, 7) is 0. The van der Waals surface area contributed by atoms with Crippen LogP contribution in [0.25, 0.3) is 11.3 Å². The third-order valence-electron chi connectivity index (χ3n) is 3.36. The molecule has 8 heteroatoms. The minimum absolute atomic E-state index is 0.127. The van der Waals surface area contributed by atoms with E-state index in [2.05, 4.69) is 16.2 Å². The number of hydrogen-bond donors (Lipinski definition) is 3. The zero-order valence-electron chi connectivity index (χ0n) is 13.3. The molecular weight excluding hydrogens is 393 g/mol. The average molecular weight is 406 g/mol. The van der Waals surface area contributed by atoms with Gasteiger partial charge in [-0.2, -0.15) is 0 Å². The van der Waals surface area contributed by atoms with Crippen molar-refractivity contribution in [2.75, 3.05) is 5.32 Å². The standard InChI is InChI=1S/C18H13Cl2N3O2S/c19-11-5-7-12(8-6-11)21-18(26)23-22-17(24)16-10-9-15(25-16)13-3-1-2-4-14(13)20/h1-10H,(H,22,24)(H2,21,23,26). The van der Waals surface area contributed by atoms with Crippen molar-refractivity contribution < 1.29 is 9.21 Å². The van der Waals surface area contributed by atoms with Crippen LogP contribution in [-0.4, -0.2) is 11.0 Å². The van der Waals surface area contributed by atoms with Crippen molar-refractivity contribution >= 4 is 52.1 Å². The molecule has 1 amide bonds. The number of nitrogens with one attached hydrogen (secondary N) is 3. The van der Waals surface area contributed by atoms with Gasteiger partial charge in [-0.15, -0.1) is 0 Å². The topological polar surface area (TPSA) is 66.3 Å². The van der Waals surface area contributed by atoms with Crippen LogP contribution < -0.4 is 16.2 Å². The predicted octanol–water partition coefficient (Wildman–Crippen LogP) is 4.88. The molecule has 2 aromatic carbocycles. The van der Waals surface area contributed by atoms with Crippen LogP contribution in [0.2, 0.25) is 10.0 Å². The van der Waals surface area contributed by atoms with Gasteiger partial charge in [0, 0.05) is 16.3 Å². The highest BCUT2D eigenvalue weighted by Gasteiger charge is 2.13. The van der Waals surface area contributed by atoms with Crippen molar-refractivity contribution in [3.8, 4) is 11.3 Å². The molecule has 3 rings (SSSR count). The quantitative estimate of drug-likeness (QED) is 0.427. The minimum Gasteiger partial charge on any atom is -0.451 e. The molecule has 0 aliphatic carbocycles. The number of carbonyl (C=O) groups is 1. The Morgan fingerprint density at radius 1 is 0.923 bits per heavy atom. The molecule has 0 saturated carbocycles.